The van der Waals surface area contributed by atoms with Crippen LogP contribution in [0.5, 0.6) is 0 Å². The Morgan fingerprint density at radius 3 is 2.62 bits per heavy atom. The highest BCUT2D eigenvalue weighted by Gasteiger charge is 2.39. The molecule has 3 N–H and O–H groups in total. The molecule has 3 amide bonds. The molecule has 2 heterocycles. The molecule has 1 aromatic carbocycles. The van der Waals surface area contributed by atoms with Gasteiger partial charge in [-0.25, -0.2) is 4.79 Å². The van der Waals surface area contributed by atoms with E-state index in [1.54, 1.807) is 17.3 Å². The van der Waals surface area contributed by atoms with Gasteiger partial charge < -0.3 is 16.0 Å². The molecule has 0 saturated carbocycles. The number of rotatable bonds is 4. The van der Waals surface area contributed by atoms with Crippen LogP contribution in [0.3, 0.4) is 0 Å². The summed E-state index contributed by atoms with van der Waals surface area (Å²) in [4.78, 5) is 29.9. The first-order valence-electron chi connectivity index (χ1n) is 7.91. The molecular weight excluding hydrogens is 304 g/mol. The van der Waals surface area contributed by atoms with Crippen molar-refractivity contribution >= 4 is 11.9 Å². The van der Waals surface area contributed by atoms with Crippen LogP contribution >= 0.6 is 0 Å². The van der Waals surface area contributed by atoms with Crippen molar-refractivity contribution in [3.05, 3.63) is 66.0 Å². The van der Waals surface area contributed by atoms with E-state index >= 15 is 0 Å². The van der Waals surface area contributed by atoms with Crippen LogP contribution in [0.15, 0.2) is 54.9 Å². The molecule has 0 aliphatic carbocycles. The van der Waals surface area contributed by atoms with Crippen LogP contribution < -0.4 is 11.1 Å². The van der Waals surface area contributed by atoms with Crippen LogP contribution in [0.2, 0.25) is 0 Å². The first-order chi connectivity index (χ1) is 11.6. The lowest BCUT2D eigenvalue weighted by Gasteiger charge is -2.17. The van der Waals surface area contributed by atoms with E-state index in [1.165, 1.54) is 0 Å². The Kier molecular flexibility index (Phi) is 4.74. The van der Waals surface area contributed by atoms with E-state index in [0.717, 1.165) is 11.1 Å². The van der Waals surface area contributed by atoms with Crippen LogP contribution in [0.1, 0.15) is 17.0 Å². The lowest BCUT2D eigenvalue weighted by atomic mass is 9.89. The molecule has 1 aliphatic heterocycles. The molecule has 0 radical (unpaired) electrons. The summed E-state index contributed by atoms with van der Waals surface area (Å²) < 4.78 is 0. The number of hydrogen-bond donors (Lipinski definition) is 2. The minimum absolute atomic E-state index is 0.0622. The number of likely N-dealkylation sites (tertiary alicyclic amines) is 1. The Hall–Kier alpha value is -2.89. The highest BCUT2D eigenvalue weighted by molar-refractivity contribution is 5.81. The number of primary amides is 1. The molecule has 24 heavy (non-hydrogen) atoms. The fraction of sp³-hybridized carbons (Fsp3) is 0.278. The third-order valence-electron chi connectivity index (χ3n) is 4.37. The first-order valence-corrected chi connectivity index (χ1v) is 7.91. The number of nitrogens with one attached hydrogen (secondary N) is 1. The van der Waals surface area contributed by atoms with Crippen molar-refractivity contribution in [3.8, 4) is 0 Å². The second kappa shape index (κ2) is 7.12. The minimum atomic E-state index is -0.369. The number of urea groups is 1. The van der Waals surface area contributed by atoms with Gasteiger partial charge in [0.2, 0.25) is 5.91 Å². The quantitative estimate of drug-likeness (QED) is 0.893. The number of carbonyl (C=O) groups is 2. The molecule has 6 heteroatoms. The highest BCUT2D eigenvalue weighted by Crippen LogP contribution is 2.32. The maximum absolute atomic E-state index is 12.4. The van der Waals surface area contributed by atoms with E-state index in [0.29, 0.717) is 19.6 Å². The zero-order chi connectivity index (χ0) is 16.9. The Morgan fingerprint density at radius 1 is 1.17 bits per heavy atom. The zero-order valence-corrected chi connectivity index (χ0v) is 13.3. The number of carbonyl (C=O) groups excluding carboxylic acids is 2. The molecule has 124 valence electrons. The smallest absolute Gasteiger partial charge is 0.317 e. The number of benzene rings is 1. The standard InChI is InChI=1S/C18H20N4O2/c19-17(23)16-12-22(11-15(16)14-6-2-1-3-7-14)18(24)21-10-13-5-4-8-20-9-13/h1-9,15-16H,10-12H2,(H2,19,23)(H,21,24)/t15-,16+/m0/s1. The molecule has 1 aliphatic rings. The van der Waals surface area contributed by atoms with Gasteiger partial charge >= 0.3 is 6.03 Å². The van der Waals surface area contributed by atoms with Crippen molar-refractivity contribution in [2.75, 3.05) is 13.1 Å². The van der Waals surface area contributed by atoms with Gasteiger partial charge in [0.15, 0.2) is 0 Å². The van der Waals surface area contributed by atoms with Gasteiger partial charge in [0.25, 0.3) is 0 Å². The Labute approximate surface area is 140 Å². The van der Waals surface area contributed by atoms with Gasteiger partial charge in [-0.2, -0.15) is 0 Å². The van der Waals surface area contributed by atoms with Crippen molar-refractivity contribution in [2.24, 2.45) is 11.7 Å². The van der Waals surface area contributed by atoms with E-state index in [9.17, 15) is 9.59 Å². The summed E-state index contributed by atoms with van der Waals surface area (Å²) in [5, 5.41) is 2.87. The molecule has 2 aromatic rings. The summed E-state index contributed by atoms with van der Waals surface area (Å²) in [6.07, 6.45) is 3.40. The average Bonchev–Trinajstić information content (AvgIpc) is 3.07. The number of nitrogens with zero attached hydrogens (tertiary/aromatic N) is 2. The largest absolute Gasteiger partial charge is 0.369 e. The topological polar surface area (TPSA) is 88.3 Å². The molecule has 0 unspecified atom stereocenters. The van der Waals surface area contributed by atoms with Crippen molar-refractivity contribution in [1.29, 1.82) is 0 Å². The van der Waals surface area contributed by atoms with Crippen LogP contribution in [0, 0.1) is 5.92 Å². The second-order valence-corrected chi connectivity index (χ2v) is 5.95. The number of hydrogen-bond acceptors (Lipinski definition) is 3. The minimum Gasteiger partial charge on any atom is -0.369 e. The molecule has 1 saturated heterocycles. The first kappa shape index (κ1) is 16.0. The fourth-order valence-corrected chi connectivity index (χ4v) is 3.09. The monoisotopic (exact) mass is 324 g/mol. The lowest BCUT2D eigenvalue weighted by molar-refractivity contribution is -0.121. The predicted octanol–water partition coefficient (Wildman–Crippen LogP) is 1.49. The van der Waals surface area contributed by atoms with Gasteiger partial charge in [0.05, 0.1) is 5.92 Å². The summed E-state index contributed by atoms with van der Waals surface area (Å²) in [7, 11) is 0. The molecule has 6 nitrogen and oxygen atoms in total. The zero-order valence-electron chi connectivity index (χ0n) is 13.3. The highest BCUT2D eigenvalue weighted by atomic mass is 16.2. The number of pyridine rings is 1. The van der Waals surface area contributed by atoms with Gasteiger partial charge in [0.1, 0.15) is 0 Å². The van der Waals surface area contributed by atoms with Crippen LogP contribution in [0.25, 0.3) is 0 Å². The van der Waals surface area contributed by atoms with Gasteiger partial charge in [0, 0.05) is 37.9 Å². The van der Waals surface area contributed by atoms with Crippen LogP contribution in [-0.4, -0.2) is 34.9 Å². The molecular formula is C18H20N4O2. The third-order valence-corrected chi connectivity index (χ3v) is 4.37. The van der Waals surface area contributed by atoms with E-state index in [-0.39, 0.29) is 23.8 Å². The summed E-state index contributed by atoms with van der Waals surface area (Å²) in [5.41, 5.74) is 7.51. The maximum atomic E-state index is 12.4. The second-order valence-electron chi connectivity index (χ2n) is 5.95. The summed E-state index contributed by atoms with van der Waals surface area (Å²) >= 11 is 0. The van der Waals surface area contributed by atoms with E-state index in [2.05, 4.69) is 10.3 Å². The molecule has 1 aromatic heterocycles. The maximum Gasteiger partial charge on any atom is 0.317 e. The Bertz CT molecular complexity index is 705. The molecule has 2 atom stereocenters. The van der Waals surface area contributed by atoms with Crippen molar-refractivity contribution in [1.82, 2.24) is 15.2 Å². The SMILES string of the molecule is NC(=O)[C@@H]1CN(C(=O)NCc2cccnc2)C[C@H]1c1ccccc1. The third kappa shape index (κ3) is 3.53. The number of aromatic nitrogens is 1. The summed E-state index contributed by atoms with van der Waals surface area (Å²) in [6.45, 7) is 1.23. The number of nitrogens with two attached hydrogens (primary N) is 1. The van der Waals surface area contributed by atoms with Crippen molar-refractivity contribution < 1.29 is 9.59 Å². The van der Waals surface area contributed by atoms with E-state index in [1.807, 2.05) is 42.5 Å². The Balaban J connectivity index is 1.66. The van der Waals surface area contributed by atoms with Crippen LogP contribution in [-0.2, 0) is 11.3 Å². The van der Waals surface area contributed by atoms with Gasteiger partial charge in [-0.15, -0.1) is 0 Å². The average molecular weight is 324 g/mol. The Morgan fingerprint density at radius 2 is 1.96 bits per heavy atom. The number of amides is 3. The van der Waals surface area contributed by atoms with E-state index < -0.39 is 0 Å². The van der Waals surface area contributed by atoms with E-state index in [4.69, 9.17) is 5.73 Å². The molecule has 3 rings (SSSR count). The lowest BCUT2D eigenvalue weighted by Crippen LogP contribution is -2.39. The van der Waals surface area contributed by atoms with Gasteiger partial charge in [-0.05, 0) is 17.2 Å². The van der Waals surface area contributed by atoms with Gasteiger partial charge in [-0.3, -0.25) is 9.78 Å². The van der Waals surface area contributed by atoms with Crippen LogP contribution in [0.4, 0.5) is 4.79 Å². The molecule has 0 spiro atoms. The predicted molar refractivity (Wildman–Crippen MR) is 89.9 cm³/mol. The normalized spacial score (nSPS) is 19.9. The van der Waals surface area contributed by atoms with Gasteiger partial charge in [-0.1, -0.05) is 36.4 Å². The van der Waals surface area contributed by atoms with Crippen molar-refractivity contribution in [3.63, 3.8) is 0 Å². The molecule has 0 bridgehead atoms. The summed E-state index contributed by atoms with van der Waals surface area (Å²) in [6, 6.07) is 13.3. The van der Waals surface area contributed by atoms with Crippen molar-refractivity contribution in [2.45, 2.75) is 12.5 Å². The fourth-order valence-electron chi connectivity index (χ4n) is 3.09. The molecule has 1 fully saturated rings. The summed E-state index contributed by atoms with van der Waals surface area (Å²) in [5.74, 6) is -0.796.